The number of anilines is 1. The van der Waals surface area contributed by atoms with Crippen LogP contribution in [0.25, 0.3) is 0 Å². The molecule has 2 N–H and O–H groups in total. The molecule has 1 aliphatic rings. The van der Waals surface area contributed by atoms with E-state index in [-0.39, 0.29) is 25.5 Å². The van der Waals surface area contributed by atoms with Crippen LogP contribution in [0.2, 0.25) is 0 Å². The number of aliphatic carboxylic acids is 1. The molecule has 0 saturated heterocycles. The molecule has 0 fully saturated rings. The standard InChI is InChI=1S/C14H17NO5/c1-2-11-14(19)15(6-5-13(17)18)10-4-3-9(8-16)7-12(10)20-11/h3-4,7,11,16H,2,5-6,8H2,1H3,(H,17,18). The van der Waals surface area contributed by atoms with Gasteiger partial charge in [-0.15, -0.1) is 0 Å². The van der Waals surface area contributed by atoms with Gasteiger partial charge in [0.05, 0.1) is 18.7 Å². The second-order valence-corrected chi connectivity index (χ2v) is 4.61. The van der Waals surface area contributed by atoms with Gasteiger partial charge in [-0.05, 0) is 24.1 Å². The number of carboxylic acid groups (broad SMARTS) is 1. The fraction of sp³-hybridized carbons (Fsp3) is 0.429. The summed E-state index contributed by atoms with van der Waals surface area (Å²) in [6, 6.07) is 5.04. The molecule has 2 rings (SSSR count). The maximum atomic E-state index is 12.2. The number of nitrogens with zero attached hydrogens (tertiary/aromatic N) is 1. The lowest BCUT2D eigenvalue weighted by Gasteiger charge is -2.34. The number of aliphatic hydroxyl groups excluding tert-OH is 1. The third-order valence-corrected chi connectivity index (χ3v) is 3.23. The predicted molar refractivity (Wildman–Crippen MR) is 71.7 cm³/mol. The number of amides is 1. The first kappa shape index (κ1) is 14.3. The number of rotatable bonds is 5. The van der Waals surface area contributed by atoms with Crippen LogP contribution in [-0.2, 0) is 16.2 Å². The number of aliphatic hydroxyl groups is 1. The van der Waals surface area contributed by atoms with Gasteiger partial charge in [0.25, 0.3) is 5.91 Å². The smallest absolute Gasteiger partial charge is 0.305 e. The molecular weight excluding hydrogens is 262 g/mol. The highest BCUT2D eigenvalue weighted by atomic mass is 16.5. The van der Waals surface area contributed by atoms with Crippen LogP contribution in [0.5, 0.6) is 5.75 Å². The lowest BCUT2D eigenvalue weighted by molar-refractivity contribution is -0.136. The molecule has 1 aromatic rings. The first-order valence-electron chi connectivity index (χ1n) is 6.50. The van der Waals surface area contributed by atoms with Gasteiger partial charge in [-0.3, -0.25) is 9.59 Å². The molecule has 0 bridgehead atoms. The van der Waals surface area contributed by atoms with Crippen molar-refractivity contribution in [2.24, 2.45) is 0 Å². The van der Waals surface area contributed by atoms with Crippen LogP contribution in [0.4, 0.5) is 5.69 Å². The summed E-state index contributed by atoms with van der Waals surface area (Å²) in [5.74, 6) is -0.669. The second kappa shape index (κ2) is 5.92. The number of hydrogen-bond donors (Lipinski definition) is 2. The molecule has 108 valence electrons. The predicted octanol–water partition coefficient (Wildman–Crippen LogP) is 1.16. The van der Waals surface area contributed by atoms with Crippen molar-refractivity contribution >= 4 is 17.6 Å². The molecule has 0 aliphatic carbocycles. The molecule has 20 heavy (non-hydrogen) atoms. The lowest BCUT2D eigenvalue weighted by atomic mass is 10.1. The normalized spacial score (nSPS) is 17.6. The molecule has 0 aromatic heterocycles. The van der Waals surface area contributed by atoms with Crippen molar-refractivity contribution < 1.29 is 24.5 Å². The molecule has 1 heterocycles. The van der Waals surface area contributed by atoms with Crippen LogP contribution in [0, 0.1) is 0 Å². The van der Waals surface area contributed by atoms with Crippen molar-refractivity contribution in [3.63, 3.8) is 0 Å². The van der Waals surface area contributed by atoms with Gasteiger partial charge in [-0.1, -0.05) is 13.0 Å². The molecule has 1 amide bonds. The summed E-state index contributed by atoms with van der Waals surface area (Å²) in [5.41, 5.74) is 1.24. The molecule has 1 atom stereocenters. The van der Waals surface area contributed by atoms with E-state index in [1.807, 2.05) is 6.92 Å². The summed E-state index contributed by atoms with van der Waals surface area (Å²) in [5, 5.41) is 17.9. The minimum atomic E-state index is -0.953. The molecule has 0 radical (unpaired) electrons. The van der Waals surface area contributed by atoms with E-state index >= 15 is 0 Å². The van der Waals surface area contributed by atoms with E-state index in [1.165, 1.54) is 4.90 Å². The first-order chi connectivity index (χ1) is 9.56. The molecule has 1 aliphatic heterocycles. The summed E-state index contributed by atoms with van der Waals surface area (Å²) in [6.45, 7) is 1.83. The van der Waals surface area contributed by atoms with Crippen molar-refractivity contribution in [3.05, 3.63) is 23.8 Å². The van der Waals surface area contributed by atoms with Crippen LogP contribution < -0.4 is 9.64 Å². The Hall–Kier alpha value is -2.08. The van der Waals surface area contributed by atoms with Crippen molar-refractivity contribution in [2.45, 2.75) is 32.5 Å². The van der Waals surface area contributed by atoms with Gasteiger partial charge < -0.3 is 19.8 Å². The van der Waals surface area contributed by atoms with Crippen LogP contribution >= 0.6 is 0 Å². The number of carboxylic acids is 1. The van der Waals surface area contributed by atoms with E-state index in [0.717, 1.165) is 0 Å². The molecular formula is C14H17NO5. The van der Waals surface area contributed by atoms with E-state index in [0.29, 0.717) is 23.4 Å². The van der Waals surface area contributed by atoms with Gasteiger partial charge in [-0.2, -0.15) is 0 Å². The summed E-state index contributed by atoms with van der Waals surface area (Å²) >= 11 is 0. The number of carbonyl (C=O) groups excluding carboxylic acids is 1. The SMILES string of the molecule is CCC1Oc2cc(CO)ccc2N(CCC(=O)O)C1=O. The Morgan fingerprint density at radius 3 is 2.80 bits per heavy atom. The Balaban J connectivity index is 2.34. The van der Waals surface area contributed by atoms with Crippen molar-refractivity contribution in [1.82, 2.24) is 0 Å². The zero-order valence-corrected chi connectivity index (χ0v) is 11.2. The largest absolute Gasteiger partial charge is 0.481 e. The fourth-order valence-corrected chi connectivity index (χ4v) is 2.17. The molecule has 0 spiro atoms. The number of hydrogen-bond acceptors (Lipinski definition) is 4. The third-order valence-electron chi connectivity index (χ3n) is 3.23. The van der Waals surface area contributed by atoms with E-state index in [1.54, 1.807) is 18.2 Å². The maximum absolute atomic E-state index is 12.2. The molecule has 0 saturated carbocycles. The summed E-state index contributed by atoms with van der Waals surface area (Å²) < 4.78 is 5.62. The van der Waals surface area contributed by atoms with Crippen molar-refractivity contribution in [2.75, 3.05) is 11.4 Å². The van der Waals surface area contributed by atoms with E-state index < -0.39 is 12.1 Å². The highest BCUT2D eigenvalue weighted by Gasteiger charge is 2.33. The topological polar surface area (TPSA) is 87.1 Å². The van der Waals surface area contributed by atoms with Gasteiger partial charge in [0.15, 0.2) is 6.10 Å². The van der Waals surface area contributed by atoms with Crippen molar-refractivity contribution in [1.29, 1.82) is 0 Å². The minimum absolute atomic E-state index is 0.111. The first-order valence-corrected chi connectivity index (χ1v) is 6.50. The number of fused-ring (bicyclic) bond motifs is 1. The van der Waals surface area contributed by atoms with Gasteiger partial charge in [0.2, 0.25) is 0 Å². The Labute approximate surface area is 116 Å². The van der Waals surface area contributed by atoms with Gasteiger partial charge >= 0.3 is 5.97 Å². The molecule has 6 heteroatoms. The lowest BCUT2D eigenvalue weighted by Crippen LogP contribution is -2.46. The fourth-order valence-electron chi connectivity index (χ4n) is 2.17. The Morgan fingerprint density at radius 1 is 1.45 bits per heavy atom. The Kier molecular flexibility index (Phi) is 4.24. The maximum Gasteiger partial charge on any atom is 0.305 e. The van der Waals surface area contributed by atoms with Crippen molar-refractivity contribution in [3.8, 4) is 5.75 Å². The minimum Gasteiger partial charge on any atom is -0.481 e. The van der Waals surface area contributed by atoms with Crippen LogP contribution in [0.3, 0.4) is 0 Å². The average Bonchev–Trinajstić information content (AvgIpc) is 2.44. The van der Waals surface area contributed by atoms with E-state index in [9.17, 15) is 9.59 Å². The van der Waals surface area contributed by atoms with Crippen LogP contribution in [0.15, 0.2) is 18.2 Å². The summed E-state index contributed by atoms with van der Waals surface area (Å²) in [4.78, 5) is 24.4. The van der Waals surface area contributed by atoms with Gasteiger partial charge in [0.1, 0.15) is 5.75 Å². The Morgan fingerprint density at radius 2 is 2.20 bits per heavy atom. The highest BCUT2D eigenvalue weighted by Crippen LogP contribution is 2.35. The number of ether oxygens (including phenoxy) is 1. The monoisotopic (exact) mass is 279 g/mol. The second-order valence-electron chi connectivity index (χ2n) is 4.61. The number of carbonyl (C=O) groups is 2. The zero-order valence-electron chi connectivity index (χ0n) is 11.2. The van der Waals surface area contributed by atoms with Crippen LogP contribution in [0.1, 0.15) is 25.3 Å². The quantitative estimate of drug-likeness (QED) is 0.844. The number of benzene rings is 1. The molecule has 1 aromatic carbocycles. The van der Waals surface area contributed by atoms with Gasteiger partial charge in [-0.25, -0.2) is 0 Å². The summed E-state index contributed by atoms with van der Waals surface area (Å²) in [7, 11) is 0. The third kappa shape index (κ3) is 2.75. The Bertz CT molecular complexity index is 528. The highest BCUT2D eigenvalue weighted by molar-refractivity contribution is 6.00. The van der Waals surface area contributed by atoms with Crippen LogP contribution in [-0.4, -0.2) is 34.7 Å². The van der Waals surface area contributed by atoms with Gasteiger partial charge in [0, 0.05) is 6.54 Å². The zero-order chi connectivity index (χ0) is 14.7. The van der Waals surface area contributed by atoms with E-state index in [4.69, 9.17) is 14.9 Å². The van der Waals surface area contributed by atoms with E-state index in [2.05, 4.69) is 0 Å². The summed E-state index contributed by atoms with van der Waals surface area (Å²) in [6.07, 6.45) is -0.223. The molecule has 1 unspecified atom stereocenters. The average molecular weight is 279 g/mol. The molecule has 6 nitrogen and oxygen atoms in total.